The molecule has 1 unspecified atom stereocenters. The number of aromatic nitrogens is 4. The predicted molar refractivity (Wildman–Crippen MR) is 106 cm³/mol. The second kappa shape index (κ2) is 7.53. The minimum atomic E-state index is -0.246. The van der Waals surface area contributed by atoms with Gasteiger partial charge in [-0.1, -0.05) is 12.1 Å². The number of para-hydroxylation sites is 2. The molecule has 0 radical (unpaired) electrons. The predicted octanol–water partition coefficient (Wildman–Crippen LogP) is 1.48. The van der Waals surface area contributed by atoms with Crippen LogP contribution in [0.15, 0.2) is 41.6 Å². The van der Waals surface area contributed by atoms with E-state index < -0.39 is 0 Å². The number of nitrogens with one attached hydrogen (secondary N) is 2. The van der Waals surface area contributed by atoms with Gasteiger partial charge < -0.3 is 10.3 Å². The topological polar surface area (TPSA) is 95.9 Å². The monoisotopic (exact) mass is 384 g/mol. The molecule has 9 heteroatoms. The zero-order chi connectivity index (χ0) is 18.8. The molecule has 3 heterocycles. The number of hydrogen-bond acceptors (Lipinski definition) is 6. The number of nitrogens with zero attached hydrogens (tertiary/aromatic N) is 4. The lowest BCUT2D eigenvalue weighted by molar-refractivity contribution is -0.117. The van der Waals surface area contributed by atoms with Gasteiger partial charge in [-0.05, 0) is 31.4 Å². The summed E-state index contributed by atoms with van der Waals surface area (Å²) in [6.07, 6.45) is 3.94. The normalized spacial score (nSPS) is 16.9. The van der Waals surface area contributed by atoms with E-state index in [0.717, 1.165) is 17.9 Å². The lowest BCUT2D eigenvalue weighted by Gasteiger charge is -2.23. The van der Waals surface area contributed by atoms with E-state index in [1.165, 1.54) is 12.5 Å². The molecular formula is C18H20N6O2S. The van der Waals surface area contributed by atoms with E-state index in [1.54, 1.807) is 4.68 Å². The van der Waals surface area contributed by atoms with Crippen molar-refractivity contribution in [3.8, 4) is 5.69 Å². The van der Waals surface area contributed by atoms with Gasteiger partial charge in [-0.3, -0.25) is 14.5 Å². The molecule has 1 fully saturated rings. The second-order valence-corrected chi connectivity index (χ2v) is 7.67. The summed E-state index contributed by atoms with van der Waals surface area (Å²) in [6, 6.07) is 7.80. The largest absolute Gasteiger partial charge is 0.323 e. The maximum absolute atomic E-state index is 12.6. The van der Waals surface area contributed by atoms with Crippen LogP contribution in [0.5, 0.6) is 0 Å². The van der Waals surface area contributed by atoms with Crippen LogP contribution in [0, 0.1) is 0 Å². The number of carbonyl (C=O) groups is 1. The molecule has 1 atom stereocenters. The fraction of sp³-hybridized carbons (Fsp3) is 0.333. The number of anilines is 1. The molecule has 2 aromatic heterocycles. The third kappa shape index (κ3) is 3.60. The number of likely N-dealkylation sites (N-methyl/N-ethyl adjacent to an activating group) is 1. The standard InChI is InChI=1S/C18H20N6O2S/c1-23(12-6-7-27-10-12)9-16(25)22-14-4-2-3-5-15(14)24-17-13(8-21-24)18(26)20-11-19-17/h2-5,8,11-12H,6-7,9-10H2,1H3,(H,22,25)(H,19,20,26). The first-order valence-electron chi connectivity index (χ1n) is 8.72. The number of benzene rings is 1. The van der Waals surface area contributed by atoms with Gasteiger partial charge in [-0.2, -0.15) is 16.9 Å². The van der Waals surface area contributed by atoms with Gasteiger partial charge in [0.05, 0.1) is 30.4 Å². The molecule has 3 aromatic rings. The zero-order valence-electron chi connectivity index (χ0n) is 14.9. The van der Waals surface area contributed by atoms with Crippen molar-refractivity contribution in [3.05, 3.63) is 47.1 Å². The molecule has 1 aliphatic rings. The molecule has 8 nitrogen and oxygen atoms in total. The summed E-state index contributed by atoms with van der Waals surface area (Å²) in [6.45, 7) is 0.331. The van der Waals surface area contributed by atoms with Crippen molar-refractivity contribution in [1.82, 2.24) is 24.6 Å². The van der Waals surface area contributed by atoms with Gasteiger partial charge >= 0.3 is 0 Å². The number of hydrogen-bond donors (Lipinski definition) is 2. The SMILES string of the molecule is CN(CC(=O)Nc1ccccc1-n1ncc2c(=O)[nH]cnc21)C1CCSC1. The maximum Gasteiger partial charge on any atom is 0.261 e. The van der Waals surface area contributed by atoms with Crippen molar-refractivity contribution in [2.75, 3.05) is 30.4 Å². The van der Waals surface area contributed by atoms with Gasteiger partial charge in [0.25, 0.3) is 5.56 Å². The molecule has 140 valence electrons. The molecule has 27 heavy (non-hydrogen) atoms. The van der Waals surface area contributed by atoms with Gasteiger partial charge in [0.15, 0.2) is 5.65 Å². The number of aromatic amines is 1. The molecule has 1 saturated heterocycles. The Balaban J connectivity index is 1.58. The lowest BCUT2D eigenvalue weighted by atomic mass is 10.2. The lowest BCUT2D eigenvalue weighted by Crippen LogP contribution is -2.38. The number of thioether (sulfide) groups is 1. The number of carbonyl (C=O) groups excluding carboxylic acids is 1. The molecule has 1 aliphatic heterocycles. The smallest absolute Gasteiger partial charge is 0.261 e. The Bertz CT molecular complexity index is 1020. The second-order valence-electron chi connectivity index (χ2n) is 6.52. The average molecular weight is 384 g/mol. The highest BCUT2D eigenvalue weighted by Crippen LogP contribution is 2.23. The summed E-state index contributed by atoms with van der Waals surface area (Å²) in [4.78, 5) is 33.3. The molecule has 1 amide bonds. The number of amides is 1. The van der Waals surface area contributed by atoms with E-state index in [9.17, 15) is 9.59 Å². The fourth-order valence-corrected chi connectivity index (χ4v) is 4.51. The summed E-state index contributed by atoms with van der Waals surface area (Å²) in [5, 5.41) is 7.66. The van der Waals surface area contributed by atoms with Gasteiger partial charge in [0, 0.05) is 11.8 Å². The summed E-state index contributed by atoms with van der Waals surface area (Å²) in [7, 11) is 1.99. The molecule has 2 N–H and O–H groups in total. The minimum Gasteiger partial charge on any atom is -0.323 e. The van der Waals surface area contributed by atoms with Crippen LogP contribution in [-0.4, -0.2) is 61.7 Å². The molecule has 0 saturated carbocycles. The Labute approximate surface area is 160 Å². The number of fused-ring (bicyclic) bond motifs is 1. The molecule has 0 aliphatic carbocycles. The highest BCUT2D eigenvalue weighted by Gasteiger charge is 2.22. The third-order valence-corrected chi connectivity index (χ3v) is 5.84. The highest BCUT2D eigenvalue weighted by molar-refractivity contribution is 7.99. The first kappa shape index (κ1) is 17.7. The van der Waals surface area contributed by atoms with Crippen LogP contribution < -0.4 is 10.9 Å². The number of rotatable bonds is 5. The maximum atomic E-state index is 12.6. The van der Waals surface area contributed by atoms with E-state index in [1.807, 2.05) is 43.1 Å². The van der Waals surface area contributed by atoms with Crippen LogP contribution in [-0.2, 0) is 4.79 Å². The first-order chi connectivity index (χ1) is 13.1. The Morgan fingerprint density at radius 3 is 3.11 bits per heavy atom. The first-order valence-corrected chi connectivity index (χ1v) is 9.87. The quantitative estimate of drug-likeness (QED) is 0.692. The zero-order valence-corrected chi connectivity index (χ0v) is 15.7. The Hall–Kier alpha value is -2.65. The summed E-state index contributed by atoms with van der Waals surface area (Å²) in [5.41, 5.74) is 1.49. The fourth-order valence-electron chi connectivity index (χ4n) is 3.21. The van der Waals surface area contributed by atoms with E-state index >= 15 is 0 Å². The van der Waals surface area contributed by atoms with Crippen molar-refractivity contribution >= 4 is 34.4 Å². The average Bonchev–Trinajstić information content (AvgIpc) is 3.33. The Kier molecular flexibility index (Phi) is 4.95. The molecule has 1 aromatic carbocycles. The van der Waals surface area contributed by atoms with Crippen molar-refractivity contribution in [3.63, 3.8) is 0 Å². The van der Waals surface area contributed by atoms with E-state index in [-0.39, 0.29) is 11.5 Å². The third-order valence-electron chi connectivity index (χ3n) is 4.70. The van der Waals surface area contributed by atoms with Crippen LogP contribution >= 0.6 is 11.8 Å². The van der Waals surface area contributed by atoms with E-state index in [0.29, 0.717) is 35.0 Å². The Morgan fingerprint density at radius 1 is 1.44 bits per heavy atom. The van der Waals surface area contributed by atoms with Gasteiger partial charge in [-0.15, -0.1) is 0 Å². The van der Waals surface area contributed by atoms with Crippen molar-refractivity contribution < 1.29 is 4.79 Å². The molecule has 0 spiro atoms. The van der Waals surface area contributed by atoms with E-state index in [4.69, 9.17) is 0 Å². The molecule has 4 rings (SSSR count). The van der Waals surface area contributed by atoms with E-state index in [2.05, 4.69) is 25.3 Å². The van der Waals surface area contributed by atoms with Crippen molar-refractivity contribution in [2.45, 2.75) is 12.5 Å². The van der Waals surface area contributed by atoms with Crippen LogP contribution in [0.4, 0.5) is 5.69 Å². The van der Waals surface area contributed by atoms with Gasteiger partial charge in [0.1, 0.15) is 5.39 Å². The minimum absolute atomic E-state index is 0.0795. The van der Waals surface area contributed by atoms with Gasteiger partial charge in [-0.25, -0.2) is 9.67 Å². The van der Waals surface area contributed by atoms with Crippen LogP contribution in [0.2, 0.25) is 0 Å². The van der Waals surface area contributed by atoms with Crippen molar-refractivity contribution in [2.24, 2.45) is 0 Å². The summed E-state index contributed by atoms with van der Waals surface area (Å²) < 4.78 is 1.57. The summed E-state index contributed by atoms with van der Waals surface area (Å²) >= 11 is 1.92. The van der Waals surface area contributed by atoms with Crippen LogP contribution in [0.3, 0.4) is 0 Å². The molecule has 0 bridgehead atoms. The Morgan fingerprint density at radius 2 is 2.30 bits per heavy atom. The molecular weight excluding hydrogens is 364 g/mol. The van der Waals surface area contributed by atoms with Crippen LogP contribution in [0.25, 0.3) is 16.7 Å². The van der Waals surface area contributed by atoms with Crippen molar-refractivity contribution in [1.29, 1.82) is 0 Å². The summed E-state index contributed by atoms with van der Waals surface area (Å²) in [5.74, 6) is 2.14. The number of H-pyrrole nitrogens is 1. The van der Waals surface area contributed by atoms with Gasteiger partial charge in [0.2, 0.25) is 5.91 Å². The van der Waals surface area contributed by atoms with Crippen LogP contribution in [0.1, 0.15) is 6.42 Å². The highest BCUT2D eigenvalue weighted by atomic mass is 32.2.